The van der Waals surface area contributed by atoms with E-state index in [1.807, 2.05) is 13.0 Å². The van der Waals surface area contributed by atoms with Crippen LogP contribution in [-0.2, 0) is 11.3 Å². The summed E-state index contributed by atoms with van der Waals surface area (Å²) >= 11 is 0. The molecule has 2 atom stereocenters. The largest absolute Gasteiger partial charge is 0.327 e. The zero-order valence-electron chi connectivity index (χ0n) is 12.0. The SMILES string of the molecule is CCn1nccc1NC(=O)C1CCCCCCC1N.Cl. The second kappa shape index (κ2) is 8.27. The molecule has 0 aliphatic heterocycles. The maximum Gasteiger partial charge on any atom is 0.230 e. The predicted molar refractivity (Wildman–Crippen MR) is 82.9 cm³/mol. The Hall–Kier alpha value is -1.07. The molecule has 0 saturated heterocycles. The number of nitrogens with one attached hydrogen (secondary N) is 1. The van der Waals surface area contributed by atoms with Gasteiger partial charge < -0.3 is 11.1 Å². The van der Waals surface area contributed by atoms with E-state index in [0.29, 0.717) is 0 Å². The molecule has 1 fully saturated rings. The number of aromatic nitrogens is 2. The molecule has 114 valence electrons. The molecule has 1 aromatic rings. The van der Waals surface area contributed by atoms with Crippen molar-refractivity contribution in [2.24, 2.45) is 11.7 Å². The average molecular weight is 301 g/mol. The fourth-order valence-electron chi connectivity index (χ4n) is 2.75. The van der Waals surface area contributed by atoms with Crippen molar-refractivity contribution in [1.29, 1.82) is 0 Å². The zero-order chi connectivity index (χ0) is 13.7. The van der Waals surface area contributed by atoms with E-state index < -0.39 is 0 Å². The van der Waals surface area contributed by atoms with Crippen LogP contribution in [0.2, 0.25) is 0 Å². The summed E-state index contributed by atoms with van der Waals surface area (Å²) in [5.41, 5.74) is 6.17. The van der Waals surface area contributed by atoms with Crippen molar-refractivity contribution in [2.75, 3.05) is 5.32 Å². The molecule has 6 heteroatoms. The molecule has 2 rings (SSSR count). The third kappa shape index (κ3) is 4.21. The van der Waals surface area contributed by atoms with Crippen molar-refractivity contribution in [3.05, 3.63) is 12.3 Å². The first-order valence-corrected chi connectivity index (χ1v) is 7.30. The van der Waals surface area contributed by atoms with E-state index in [1.165, 1.54) is 12.8 Å². The highest BCUT2D eigenvalue weighted by molar-refractivity contribution is 5.92. The third-order valence-corrected chi connectivity index (χ3v) is 3.92. The molecule has 1 aliphatic carbocycles. The number of carbonyl (C=O) groups is 1. The standard InChI is InChI=1S/C14H24N4O.ClH/c1-2-18-13(9-10-16-18)17-14(19)11-7-5-3-4-6-8-12(11)15;/h9-12H,2-8,15H2,1H3,(H,17,19);1H. The smallest absolute Gasteiger partial charge is 0.230 e. The third-order valence-electron chi connectivity index (χ3n) is 3.92. The molecule has 1 aromatic heterocycles. The number of nitrogens with zero attached hydrogens (tertiary/aromatic N) is 2. The van der Waals surface area contributed by atoms with Crippen LogP contribution in [0.1, 0.15) is 45.4 Å². The van der Waals surface area contributed by atoms with E-state index >= 15 is 0 Å². The topological polar surface area (TPSA) is 72.9 Å². The lowest BCUT2D eigenvalue weighted by Gasteiger charge is -2.25. The minimum atomic E-state index is -0.0690. The Morgan fingerprint density at radius 2 is 2.10 bits per heavy atom. The van der Waals surface area contributed by atoms with Crippen LogP contribution in [0.4, 0.5) is 5.82 Å². The van der Waals surface area contributed by atoms with Gasteiger partial charge in [0.25, 0.3) is 0 Å². The predicted octanol–water partition coefficient (Wildman–Crippen LogP) is 2.56. The Bertz CT molecular complexity index is 421. The van der Waals surface area contributed by atoms with Crippen molar-refractivity contribution in [2.45, 2.75) is 58.0 Å². The summed E-state index contributed by atoms with van der Waals surface area (Å²) in [6.45, 7) is 2.75. The summed E-state index contributed by atoms with van der Waals surface area (Å²) in [4.78, 5) is 12.4. The van der Waals surface area contributed by atoms with Gasteiger partial charge in [-0.15, -0.1) is 12.4 Å². The van der Waals surface area contributed by atoms with Crippen molar-refractivity contribution in [3.63, 3.8) is 0 Å². The van der Waals surface area contributed by atoms with Crippen molar-refractivity contribution in [3.8, 4) is 0 Å². The Labute approximate surface area is 126 Å². The van der Waals surface area contributed by atoms with E-state index in [1.54, 1.807) is 10.9 Å². The van der Waals surface area contributed by atoms with Gasteiger partial charge in [-0.2, -0.15) is 5.10 Å². The first kappa shape index (κ1) is 17.0. The van der Waals surface area contributed by atoms with Crippen LogP contribution in [0.25, 0.3) is 0 Å². The van der Waals surface area contributed by atoms with Gasteiger partial charge in [0.05, 0.1) is 12.1 Å². The van der Waals surface area contributed by atoms with Gasteiger partial charge in [-0.3, -0.25) is 4.79 Å². The van der Waals surface area contributed by atoms with Gasteiger partial charge in [-0.25, -0.2) is 4.68 Å². The summed E-state index contributed by atoms with van der Waals surface area (Å²) in [6, 6.07) is 1.81. The Morgan fingerprint density at radius 3 is 2.80 bits per heavy atom. The summed E-state index contributed by atoms with van der Waals surface area (Å²) in [7, 11) is 0. The second-order valence-corrected chi connectivity index (χ2v) is 5.28. The molecule has 1 amide bonds. The average Bonchev–Trinajstić information content (AvgIpc) is 2.81. The summed E-state index contributed by atoms with van der Waals surface area (Å²) in [6.07, 6.45) is 8.24. The minimum absolute atomic E-state index is 0. The monoisotopic (exact) mass is 300 g/mol. The number of halogens is 1. The second-order valence-electron chi connectivity index (χ2n) is 5.28. The van der Waals surface area contributed by atoms with Crippen LogP contribution in [0, 0.1) is 5.92 Å². The number of carbonyl (C=O) groups excluding carboxylic acids is 1. The van der Waals surface area contributed by atoms with Crippen molar-refractivity contribution < 1.29 is 4.79 Å². The quantitative estimate of drug-likeness (QED) is 0.901. The Balaban J connectivity index is 0.00000200. The van der Waals surface area contributed by atoms with Crippen molar-refractivity contribution in [1.82, 2.24) is 9.78 Å². The van der Waals surface area contributed by atoms with Gasteiger partial charge in [-0.1, -0.05) is 25.7 Å². The normalized spacial score (nSPS) is 23.3. The van der Waals surface area contributed by atoms with E-state index in [2.05, 4.69) is 10.4 Å². The zero-order valence-corrected chi connectivity index (χ0v) is 12.9. The van der Waals surface area contributed by atoms with Gasteiger partial charge in [0, 0.05) is 18.7 Å². The summed E-state index contributed by atoms with van der Waals surface area (Å²) < 4.78 is 1.78. The van der Waals surface area contributed by atoms with Gasteiger partial charge in [0.15, 0.2) is 0 Å². The van der Waals surface area contributed by atoms with Crippen molar-refractivity contribution >= 4 is 24.1 Å². The van der Waals surface area contributed by atoms with Gasteiger partial charge in [0.1, 0.15) is 5.82 Å². The molecule has 1 aliphatic rings. The molecule has 0 aromatic carbocycles. The molecule has 0 radical (unpaired) electrons. The number of hydrogen-bond donors (Lipinski definition) is 2. The lowest BCUT2D eigenvalue weighted by atomic mass is 9.87. The Morgan fingerprint density at radius 1 is 1.40 bits per heavy atom. The van der Waals surface area contributed by atoms with Crippen LogP contribution < -0.4 is 11.1 Å². The molecule has 1 saturated carbocycles. The summed E-state index contributed by atoms with van der Waals surface area (Å²) in [5, 5.41) is 7.13. The first-order valence-electron chi connectivity index (χ1n) is 7.30. The van der Waals surface area contributed by atoms with E-state index in [-0.39, 0.29) is 30.3 Å². The van der Waals surface area contributed by atoms with Crippen LogP contribution in [0.5, 0.6) is 0 Å². The van der Waals surface area contributed by atoms with E-state index in [0.717, 1.165) is 38.0 Å². The minimum Gasteiger partial charge on any atom is -0.327 e. The number of amides is 1. The first-order chi connectivity index (χ1) is 9.22. The van der Waals surface area contributed by atoms with Crippen LogP contribution in [0.15, 0.2) is 12.3 Å². The Kier molecular flexibility index (Phi) is 7.02. The van der Waals surface area contributed by atoms with E-state index in [4.69, 9.17) is 5.73 Å². The van der Waals surface area contributed by atoms with Crippen LogP contribution in [0.3, 0.4) is 0 Å². The number of anilines is 1. The maximum absolute atomic E-state index is 12.4. The molecular weight excluding hydrogens is 276 g/mol. The lowest BCUT2D eigenvalue weighted by molar-refractivity contribution is -0.120. The van der Waals surface area contributed by atoms with Crippen LogP contribution in [-0.4, -0.2) is 21.7 Å². The number of hydrogen-bond acceptors (Lipinski definition) is 3. The lowest BCUT2D eigenvalue weighted by Crippen LogP contribution is -2.39. The maximum atomic E-state index is 12.4. The highest BCUT2D eigenvalue weighted by Crippen LogP contribution is 2.23. The molecule has 2 unspecified atom stereocenters. The van der Waals surface area contributed by atoms with E-state index in [9.17, 15) is 4.79 Å². The van der Waals surface area contributed by atoms with Gasteiger partial charge in [-0.05, 0) is 19.8 Å². The number of rotatable bonds is 3. The molecular formula is C14H25ClN4O. The fourth-order valence-corrected chi connectivity index (χ4v) is 2.75. The molecule has 1 heterocycles. The van der Waals surface area contributed by atoms with Gasteiger partial charge >= 0.3 is 0 Å². The number of nitrogens with two attached hydrogens (primary N) is 1. The summed E-state index contributed by atoms with van der Waals surface area (Å²) in [5.74, 6) is 0.742. The van der Waals surface area contributed by atoms with Gasteiger partial charge in [0.2, 0.25) is 5.91 Å². The molecule has 0 spiro atoms. The molecule has 3 N–H and O–H groups in total. The fraction of sp³-hybridized carbons (Fsp3) is 0.714. The molecule has 5 nitrogen and oxygen atoms in total. The highest BCUT2D eigenvalue weighted by Gasteiger charge is 2.26. The molecule has 20 heavy (non-hydrogen) atoms. The number of aryl methyl sites for hydroxylation is 1. The van der Waals surface area contributed by atoms with Crippen LogP contribution >= 0.6 is 12.4 Å². The molecule has 0 bridgehead atoms. The highest BCUT2D eigenvalue weighted by atomic mass is 35.5.